The maximum atomic E-state index is 11.6. The number of carbonyl (C=O) groups is 1. The monoisotopic (exact) mass is 514 g/mol. The van der Waals surface area contributed by atoms with Crippen LogP contribution in [-0.2, 0) is 16.8 Å². The van der Waals surface area contributed by atoms with Crippen molar-refractivity contribution in [2.45, 2.75) is 45.6 Å². The highest BCUT2D eigenvalue weighted by atomic mass is 127. The van der Waals surface area contributed by atoms with E-state index in [1.165, 1.54) is 4.88 Å². The summed E-state index contributed by atoms with van der Waals surface area (Å²) in [5.74, 6) is 0.835. The molecule has 1 aromatic carbocycles. The van der Waals surface area contributed by atoms with Gasteiger partial charge in [-0.1, -0.05) is 39.0 Å². The van der Waals surface area contributed by atoms with Gasteiger partial charge in [0.05, 0.1) is 0 Å². The number of amides is 1. The number of thiophene rings is 1. The zero-order chi connectivity index (χ0) is 19.7. The van der Waals surface area contributed by atoms with Gasteiger partial charge in [0.1, 0.15) is 0 Å². The van der Waals surface area contributed by atoms with Crippen molar-refractivity contribution in [3.8, 4) is 0 Å². The molecular weight excluding hydrogens is 483 g/mol. The molecule has 0 bridgehead atoms. The second-order valence-corrected chi connectivity index (χ2v) is 8.08. The van der Waals surface area contributed by atoms with Crippen LogP contribution >= 0.6 is 35.3 Å². The predicted octanol–water partition coefficient (Wildman–Crippen LogP) is 4.75. The molecule has 0 radical (unpaired) electrons. The summed E-state index contributed by atoms with van der Waals surface area (Å²) >= 11 is 1.78. The molecule has 5 nitrogen and oxygen atoms in total. The fraction of sp³-hybridized carbons (Fsp3) is 0.429. The van der Waals surface area contributed by atoms with Crippen molar-refractivity contribution in [2.24, 2.45) is 4.99 Å². The van der Waals surface area contributed by atoms with Crippen LogP contribution in [0.3, 0.4) is 0 Å². The third kappa shape index (κ3) is 7.79. The Morgan fingerprint density at radius 3 is 2.43 bits per heavy atom. The van der Waals surface area contributed by atoms with Crippen molar-refractivity contribution in [3.63, 3.8) is 0 Å². The van der Waals surface area contributed by atoms with Crippen LogP contribution in [0.4, 0.5) is 5.69 Å². The molecule has 0 aliphatic heterocycles. The Morgan fingerprint density at radius 1 is 1.14 bits per heavy atom. The zero-order valence-electron chi connectivity index (χ0n) is 17.0. The molecule has 28 heavy (non-hydrogen) atoms. The molecule has 7 heteroatoms. The standard InChI is InChI=1S/C21H30N4OS.HI/c1-5-7-19(26)25-17-11-9-16(10-12-17)14-23-20(22-4)24-15-21(2,3)18-8-6-13-27-18;/h6,8-13H,5,7,14-15H2,1-4H3,(H,25,26)(H2,22,23,24);1H. The molecule has 154 valence electrons. The van der Waals surface area contributed by atoms with E-state index < -0.39 is 0 Å². The molecular formula is C21H31IN4OS. The van der Waals surface area contributed by atoms with Gasteiger partial charge in [0.15, 0.2) is 5.96 Å². The molecule has 3 N–H and O–H groups in total. The van der Waals surface area contributed by atoms with Gasteiger partial charge < -0.3 is 16.0 Å². The molecule has 1 aromatic heterocycles. The Bertz CT molecular complexity index is 742. The lowest BCUT2D eigenvalue weighted by atomic mass is 9.91. The number of guanidine groups is 1. The van der Waals surface area contributed by atoms with Crippen LogP contribution in [0.2, 0.25) is 0 Å². The van der Waals surface area contributed by atoms with Crippen LogP contribution in [0, 0.1) is 0 Å². The van der Waals surface area contributed by atoms with Crippen molar-refractivity contribution >= 4 is 52.9 Å². The number of anilines is 1. The van der Waals surface area contributed by atoms with Gasteiger partial charge in [-0.2, -0.15) is 0 Å². The van der Waals surface area contributed by atoms with E-state index in [1.54, 1.807) is 18.4 Å². The minimum atomic E-state index is 0. The van der Waals surface area contributed by atoms with E-state index in [4.69, 9.17) is 0 Å². The summed E-state index contributed by atoms with van der Waals surface area (Å²) in [5.41, 5.74) is 2.01. The second-order valence-electron chi connectivity index (χ2n) is 7.14. The summed E-state index contributed by atoms with van der Waals surface area (Å²) < 4.78 is 0. The number of halogens is 1. The van der Waals surface area contributed by atoms with E-state index in [1.807, 2.05) is 31.2 Å². The summed E-state index contributed by atoms with van der Waals surface area (Å²) in [5, 5.41) is 11.8. The predicted molar refractivity (Wildman–Crippen MR) is 131 cm³/mol. The van der Waals surface area contributed by atoms with Crippen LogP contribution in [0.1, 0.15) is 44.1 Å². The van der Waals surface area contributed by atoms with Gasteiger partial charge >= 0.3 is 0 Å². The van der Waals surface area contributed by atoms with Gasteiger partial charge in [-0.25, -0.2) is 0 Å². The SMILES string of the molecule is CCCC(=O)Nc1ccc(CNC(=NC)NCC(C)(C)c2cccs2)cc1.I. The lowest BCUT2D eigenvalue weighted by molar-refractivity contribution is -0.116. The van der Waals surface area contributed by atoms with Crippen LogP contribution in [0.5, 0.6) is 0 Å². The fourth-order valence-corrected chi connectivity index (χ4v) is 3.47. The highest BCUT2D eigenvalue weighted by molar-refractivity contribution is 14.0. The molecule has 0 unspecified atom stereocenters. The van der Waals surface area contributed by atoms with E-state index in [9.17, 15) is 4.79 Å². The lowest BCUT2D eigenvalue weighted by Gasteiger charge is -2.25. The minimum absolute atomic E-state index is 0. The first-order chi connectivity index (χ1) is 12.9. The molecule has 0 fully saturated rings. The van der Waals surface area contributed by atoms with Crippen LogP contribution in [-0.4, -0.2) is 25.5 Å². The van der Waals surface area contributed by atoms with Gasteiger partial charge in [0.2, 0.25) is 5.91 Å². The summed E-state index contributed by atoms with van der Waals surface area (Å²) in [7, 11) is 1.78. The fourth-order valence-electron chi connectivity index (χ4n) is 2.62. The second kappa shape index (κ2) is 12.1. The number of carbonyl (C=O) groups excluding carboxylic acids is 1. The minimum Gasteiger partial charge on any atom is -0.356 e. The molecule has 0 spiro atoms. The van der Waals surface area contributed by atoms with E-state index >= 15 is 0 Å². The number of nitrogens with zero attached hydrogens (tertiary/aromatic N) is 1. The van der Waals surface area contributed by atoms with E-state index in [2.05, 4.69) is 52.3 Å². The first-order valence-corrected chi connectivity index (χ1v) is 10.2. The Labute approximate surface area is 189 Å². The zero-order valence-corrected chi connectivity index (χ0v) is 20.2. The van der Waals surface area contributed by atoms with Crippen molar-refractivity contribution in [3.05, 3.63) is 52.2 Å². The first kappa shape index (κ1) is 24.4. The Kier molecular flexibility index (Phi) is 10.5. The normalized spacial score (nSPS) is 11.5. The molecule has 2 aromatic rings. The number of benzene rings is 1. The largest absolute Gasteiger partial charge is 0.356 e. The van der Waals surface area contributed by atoms with Crippen molar-refractivity contribution in [1.29, 1.82) is 0 Å². The van der Waals surface area contributed by atoms with E-state index in [0.29, 0.717) is 13.0 Å². The summed E-state index contributed by atoms with van der Waals surface area (Å²) in [6.45, 7) is 7.92. The van der Waals surface area contributed by atoms with Gasteiger partial charge in [-0.15, -0.1) is 35.3 Å². The highest BCUT2D eigenvalue weighted by Crippen LogP contribution is 2.26. The van der Waals surface area contributed by atoms with E-state index in [-0.39, 0.29) is 35.3 Å². The summed E-state index contributed by atoms with van der Waals surface area (Å²) in [6.07, 6.45) is 1.40. The van der Waals surface area contributed by atoms with Crippen LogP contribution < -0.4 is 16.0 Å². The summed E-state index contributed by atoms with van der Waals surface area (Å²) in [4.78, 5) is 17.3. The topological polar surface area (TPSA) is 65.5 Å². The maximum absolute atomic E-state index is 11.6. The maximum Gasteiger partial charge on any atom is 0.224 e. The number of aliphatic imine (C=N–C) groups is 1. The number of hydrogen-bond acceptors (Lipinski definition) is 3. The van der Waals surface area contributed by atoms with Crippen molar-refractivity contribution in [1.82, 2.24) is 10.6 Å². The Morgan fingerprint density at radius 2 is 1.86 bits per heavy atom. The first-order valence-electron chi connectivity index (χ1n) is 9.32. The highest BCUT2D eigenvalue weighted by Gasteiger charge is 2.21. The smallest absolute Gasteiger partial charge is 0.224 e. The average Bonchev–Trinajstić information content (AvgIpc) is 3.19. The third-order valence-corrected chi connectivity index (χ3v) is 5.52. The number of hydrogen-bond donors (Lipinski definition) is 3. The molecule has 0 saturated carbocycles. The van der Waals surface area contributed by atoms with Gasteiger partial charge in [0.25, 0.3) is 0 Å². The van der Waals surface area contributed by atoms with Crippen molar-refractivity contribution < 1.29 is 4.79 Å². The molecule has 1 heterocycles. The van der Waals surface area contributed by atoms with Crippen LogP contribution in [0.25, 0.3) is 0 Å². The van der Waals surface area contributed by atoms with Crippen LogP contribution in [0.15, 0.2) is 46.8 Å². The Balaban J connectivity index is 0.00000392. The number of rotatable bonds is 8. The molecule has 0 atom stereocenters. The molecule has 2 rings (SSSR count). The molecule has 0 saturated heterocycles. The van der Waals surface area contributed by atoms with E-state index in [0.717, 1.165) is 30.2 Å². The van der Waals surface area contributed by atoms with Gasteiger partial charge in [-0.3, -0.25) is 9.79 Å². The van der Waals surface area contributed by atoms with Crippen molar-refractivity contribution in [2.75, 3.05) is 18.9 Å². The van der Waals surface area contributed by atoms with Gasteiger partial charge in [0, 0.05) is 42.5 Å². The third-order valence-electron chi connectivity index (χ3n) is 4.28. The molecule has 0 aliphatic carbocycles. The lowest BCUT2D eigenvalue weighted by Crippen LogP contribution is -2.42. The quantitative estimate of drug-likeness (QED) is 0.271. The molecule has 0 aliphatic rings. The average molecular weight is 514 g/mol. The summed E-state index contributed by atoms with van der Waals surface area (Å²) in [6, 6.07) is 12.1. The Hall–Kier alpha value is -1.61. The van der Waals surface area contributed by atoms with Gasteiger partial charge in [-0.05, 0) is 35.6 Å². The number of nitrogens with one attached hydrogen (secondary N) is 3. The molecule has 1 amide bonds.